The second-order valence-electron chi connectivity index (χ2n) is 8.77. The van der Waals surface area contributed by atoms with Crippen LogP contribution in [0.5, 0.6) is 0 Å². The lowest BCUT2D eigenvalue weighted by Crippen LogP contribution is -2.59. The first-order chi connectivity index (χ1) is 13.9. The summed E-state index contributed by atoms with van der Waals surface area (Å²) in [5.41, 5.74) is 1.14. The number of anilines is 1. The molecule has 0 N–H and O–H groups in total. The molecule has 0 saturated carbocycles. The summed E-state index contributed by atoms with van der Waals surface area (Å²) in [5, 5.41) is 0. The molecule has 1 aromatic rings. The average molecular weight is 403 g/mol. The summed E-state index contributed by atoms with van der Waals surface area (Å²) in [6.07, 6.45) is 5.66. The van der Waals surface area contributed by atoms with Gasteiger partial charge in [-0.25, -0.2) is 9.97 Å². The highest BCUT2D eigenvalue weighted by Gasteiger charge is 2.33. The Morgan fingerprint density at radius 1 is 1.10 bits per heavy atom. The highest BCUT2D eigenvalue weighted by molar-refractivity contribution is 5.75. The fourth-order valence-corrected chi connectivity index (χ4v) is 4.53. The first kappa shape index (κ1) is 22.0. The molecular formula is C22H38N6O. The van der Waals surface area contributed by atoms with Gasteiger partial charge < -0.3 is 9.80 Å². The minimum absolute atomic E-state index is 0.259. The van der Waals surface area contributed by atoms with Gasteiger partial charge in [-0.2, -0.15) is 0 Å². The smallest absolute Gasteiger partial charge is 0.225 e. The van der Waals surface area contributed by atoms with Gasteiger partial charge in [-0.1, -0.05) is 13.8 Å². The Balaban J connectivity index is 1.59. The van der Waals surface area contributed by atoms with Gasteiger partial charge in [0.25, 0.3) is 0 Å². The largest absolute Gasteiger partial charge is 0.340 e. The summed E-state index contributed by atoms with van der Waals surface area (Å²) in [4.78, 5) is 30.7. The number of hydrogen-bond donors (Lipinski definition) is 0. The van der Waals surface area contributed by atoms with E-state index in [2.05, 4.69) is 42.4 Å². The minimum Gasteiger partial charge on any atom is -0.340 e. The predicted octanol–water partition coefficient (Wildman–Crippen LogP) is 2.23. The van der Waals surface area contributed by atoms with Gasteiger partial charge >= 0.3 is 0 Å². The summed E-state index contributed by atoms with van der Waals surface area (Å²) in [6.45, 7) is 17.5. The van der Waals surface area contributed by atoms with Gasteiger partial charge in [-0.3, -0.25) is 14.6 Å². The van der Waals surface area contributed by atoms with Crippen LogP contribution in [0.2, 0.25) is 0 Å². The van der Waals surface area contributed by atoms with E-state index in [9.17, 15) is 4.79 Å². The molecule has 0 radical (unpaired) electrons. The molecule has 1 amide bonds. The molecule has 29 heavy (non-hydrogen) atoms. The van der Waals surface area contributed by atoms with E-state index in [-0.39, 0.29) is 5.91 Å². The van der Waals surface area contributed by atoms with E-state index in [1.807, 2.05) is 24.2 Å². The Morgan fingerprint density at radius 3 is 2.31 bits per heavy atom. The fraction of sp³-hybridized carbons (Fsp3) is 0.773. The molecule has 0 aliphatic carbocycles. The quantitative estimate of drug-likeness (QED) is 0.727. The van der Waals surface area contributed by atoms with Crippen molar-refractivity contribution in [2.24, 2.45) is 0 Å². The zero-order valence-electron chi connectivity index (χ0n) is 18.8. The molecule has 2 saturated heterocycles. The number of carbonyl (C=O) groups is 1. The van der Waals surface area contributed by atoms with Gasteiger partial charge in [-0.15, -0.1) is 0 Å². The number of rotatable bonds is 6. The fourth-order valence-electron chi connectivity index (χ4n) is 4.53. The number of amides is 1. The van der Waals surface area contributed by atoms with Crippen molar-refractivity contribution in [3.63, 3.8) is 0 Å². The number of carbonyl (C=O) groups excluding carboxylic acids is 1. The second kappa shape index (κ2) is 9.85. The Bertz CT molecular complexity index is 656. The van der Waals surface area contributed by atoms with Gasteiger partial charge in [0.15, 0.2) is 0 Å². The molecule has 2 fully saturated rings. The third-order valence-electron chi connectivity index (χ3n) is 6.37. The zero-order valence-corrected chi connectivity index (χ0v) is 18.8. The molecule has 0 bridgehead atoms. The molecule has 0 spiro atoms. The van der Waals surface area contributed by atoms with Crippen LogP contribution in [0.15, 0.2) is 12.4 Å². The van der Waals surface area contributed by atoms with Gasteiger partial charge in [-0.05, 0) is 27.2 Å². The molecule has 2 unspecified atom stereocenters. The molecule has 0 aromatic carbocycles. The predicted molar refractivity (Wildman–Crippen MR) is 117 cm³/mol. The molecular weight excluding hydrogens is 364 g/mol. The first-order valence-electron chi connectivity index (χ1n) is 11.3. The second-order valence-corrected chi connectivity index (χ2v) is 8.77. The summed E-state index contributed by atoms with van der Waals surface area (Å²) >= 11 is 0. The Hall–Kier alpha value is -1.73. The van der Waals surface area contributed by atoms with Crippen LogP contribution in [-0.2, 0) is 11.3 Å². The molecule has 2 atom stereocenters. The van der Waals surface area contributed by atoms with Gasteiger partial charge in [0, 0.05) is 88.3 Å². The number of aromatic nitrogens is 2. The molecule has 1 aromatic heterocycles. The molecule has 7 heteroatoms. The normalized spacial score (nSPS) is 24.3. The highest BCUT2D eigenvalue weighted by Crippen LogP contribution is 2.24. The monoisotopic (exact) mass is 402 g/mol. The standard InChI is InChI=1S/C22H38N6O/c1-6-20-16-27(17(3)4)14-18(5)28(20)22-23-12-19(13-24-22)15-25-8-10-26(11-9-25)21(29)7-2/h12-13,17-18,20H,6-11,14-16H2,1-5H3. The van der Waals surface area contributed by atoms with E-state index in [1.165, 1.54) is 0 Å². The highest BCUT2D eigenvalue weighted by atomic mass is 16.2. The summed E-state index contributed by atoms with van der Waals surface area (Å²) < 4.78 is 0. The summed E-state index contributed by atoms with van der Waals surface area (Å²) in [6, 6.07) is 1.44. The van der Waals surface area contributed by atoms with E-state index < -0.39 is 0 Å². The Kier molecular flexibility index (Phi) is 7.46. The van der Waals surface area contributed by atoms with Crippen molar-refractivity contribution in [1.29, 1.82) is 0 Å². The first-order valence-corrected chi connectivity index (χ1v) is 11.3. The van der Waals surface area contributed by atoms with Crippen LogP contribution >= 0.6 is 0 Å². The Labute approximate surface area is 176 Å². The van der Waals surface area contributed by atoms with E-state index in [1.54, 1.807) is 0 Å². The van der Waals surface area contributed by atoms with Crippen molar-refractivity contribution in [3.8, 4) is 0 Å². The maximum Gasteiger partial charge on any atom is 0.225 e. The maximum atomic E-state index is 11.8. The van der Waals surface area contributed by atoms with Gasteiger partial charge in [0.05, 0.1) is 0 Å². The number of piperazine rings is 2. The lowest BCUT2D eigenvalue weighted by molar-refractivity contribution is -0.132. The van der Waals surface area contributed by atoms with Crippen LogP contribution in [0.4, 0.5) is 5.95 Å². The molecule has 7 nitrogen and oxygen atoms in total. The topological polar surface area (TPSA) is 55.8 Å². The molecule has 162 valence electrons. The van der Waals surface area contributed by atoms with E-state index in [4.69, 9.17) is 9.97 Å². The van der Waals surface area contributed by atoms with E-state index in [0.717, 1.165) is 63.7 Å². The molecule has 3 heterocycles. The van der Waals surface area contributed by atoms with E-state index >= 15 is 0 Å². The van der Waals surface area contributed by atoms with Crippen LogP contribution in [0.1, 0.15) is 53.0 Å². The van der Waals surface area contributed by atoms with Crippen LogP contribution in [0.25, 0.3) is 0 Å². The van der Waals surface area contributed by atoms with E-state index in [0.29, 0.717) is 24.5 Å². The SMILES string of the molecule is CCC(=O)N1CCN(Cc2cnc(N3C(C)CN(C(C)C)CC3CC)nc2)CC1. The lowest BCUT2D eigenvalue weighted by Gasteiger charge is -2.47. The lowest BCUT2D eigenvalue weighted by atomic mass is 10.0. The van der Waals surface area contributed by atoms with Crippen molar-refractivity contribution >= 4 is 11.9 Å². The van der Waals surface area contributed by atoms with Crippen LogP contribution in [-0.4, -0.2) is 88.0 Å². The van der Waals surface area contributed by atoms with Crippen LogP contribution in [0.3, 0.4) is 0 Å². The van der Waals surface area contributed by atoms with Gasteiger partial charge in [0.2, 0.25) is 11.9 Å². The number of nitrogens with zero attached hydrogens (tertiary/aromatic N) is 6. The molecule has 3 rings (SSSR count). The third kappa shape index (κ3) is 5.25. The average Bonchev–Trinajstić information content (AvgIpc) is 2.73. The van der Waals surface area contributed by atoms with Gasteiger partial charge in [0.1, 0.15) is 0 Å². The third-order valence-corrected chi connectivity index (χ3v) is 6.37. The molecule has 2 aliphatic rings. The zero-order chi connectivity index (χ0) is 21.0. The maximum absolute atomic E-state index is 11.8. The van der Waals surface area contributed by atoms with Crippen molar-refractivity contribution < 1.29 is 4.79 Å². The minimum atomic E-state index is 0.259. The van der Waals surface area contributed by atoms with Crippen molar-refractivity contribution in [2.75, 3.05) is 44.2 Å². The van der Waals surface area contributed by atoms with Crippen molar-refractivity contribution in [2.45, 2.75) is 72.1 Å². The summed E-state index contributed by atoms with van der Waals surface area (Å²) in [7, 11) is 0. The molecule has 2 aliphatic heterocycles. The number of hydrogen-bond acceptors (Lipinski definition) is 6. The van der Waals surface area contributed by atoms with Crippen LogP contribution < -0.4 is 4.90 Å². The van der Waals surface area contributed by atoms with Crippen LogP contribution in [0, 0.1) is 0 Å². The van der Waals surface area contributed by atoms with Crippen molar-refractivity contribution in [1.82, 2.24) is 24.7 Å². The van der Waals surface area contributed by atoms with Crippen molar-refractivity contribution in [3.05, 3.63) is 18.0 Å². The summed E-state index contributed by atoms with van der Waals surface area (Å²) in [5.74, 6) is 1.12. The Morgan fingerprint density at radius 2 is 1.76 bits per heavy atom.